The van der Waals surface area contributed by atoms with Gasteiger partial charge in [-0.1, -0.05) is 0 Å². The van der Waals surface area contributed by atoms with Gasteiger partial charge in [0.05, 0.1) is 0 Å². The molecule has 0 rings (SSSR count). The van der Waals surface area contributed by atoms with E-state index in [2.05, 4.69) is 0 Å². The van der Waals surface area contributed by atoms with Crippen molar-refractivity contribution in [1.29, 1.82) is 0 Å². The summed E-state index contributed by atoms with van der Waals surface area (Å²) in [5, 5.41) is 0. The molecule has 0 N–H and O–H groups in total. The highest BCUT2D eigenvalue weighted by Gasteiger charge is 2.13. The number of carbonyl (C=O) groups is 1. The third-order valence-corrected chi connectivity index (χ3v) is 1.10. The van der Waals surface area contributed by atoms with Crippen LogP contribution < -0.4 is 0 Å². The highest BCUT2D eigenvalue weighted by molar-refractivity contribution is 7.97. The molecule has 0 aromatic heterocycles. The number of amides is 1. The topological polar surface area (TPSA) is 20.3 Å². The van der Waals surface area contributed by atoms with Crippen molar-refractivity contribution in [3.8, 4) is 0 Å². The molecule has 0 aromatic carbocycles. The van der Waals surface area contributed by atoms with Crippen molar-refractivity contribution in [2.24, 2.45) is 0 Å². The molecule has 6 heteroatoms. The quantitative estimate of drug-likeness (QED) is 0.348. The summed E-state index contributed by atoms with van der Waals surface area (Å²) < 4.78 is 34.1. The van der Waals surface area contributed by atoms with E-state index in [0.29, 0.717) is 0 Å². The third-order valence-electron chi connectivity index (χ3n) is 0.485. The average Bonchev–Trinajstić information content (AvgIpc) is 1.63. The lowest BCUT2D eigenvalue weighted by Gasteiger charge is -2.07. The van der Waals surface area contributed by atoms with Crippen LogP contribution in [0.15, 0.2) is 0 Å². The first kappa shape index (κ1) is 8.61. The fraction of sp³-hybridized carbons (Fsp3) is 0.667. The summed E-state index contributed by atoms with van der Waals surface area (Å²) in [6.45, 7) is 0. The summed E-state index contributed by atoms with van der Waals surface area (Å²) in [4.78, 5) is 9.58. The lowest BCUT2D eigenvalue weighted by Crippen LogP contribution is -2.14. The first-order valence-corrected chi connectivity index (χ1v) is 2.76. The minimum Gasteiger partial charge on any atom is -0.256 e. The van der Waals surface area contributed by atoms with Gasteiger partial charge < -0.3 is 0 Å². The van der Waals surface area contributed by atoms with Crippen molar-refractivity contribution >= 4 is 18.1 Å². The fourth-order valence-electron chi connectivity index (χ4n) is 0.161. The maximum absolute atomic E-state index is 11.4. The van der Waals surface area contributed by atoms with Gasteiger partial charge in [-0.15, -0.1) is 4.39 Å². The molecule has 0 aromatic rings. The van der Waals surface area contributed by atoms with Crippen molar-refractivity contribution in [2.45, 2.75) is 5.76 Å². The van der Waals surface area contributed by atoms with Crippen LogP contribution in [0.1, 0.15) is 0 Å². The molecule has 0 aliphatic rings. The molecule has 0 spiro atoms. The molecule has 0 unspecified atom stereocenters. The zero-order chi connectivity index (χ0) is 7.44. The molecule has 0 bridgehead atoms. The molecule has 1 amide bonds. The average molecular weight is 159 g/mol. The van der Waals surface area contributed by atoms with Gasteiger partial charge in [-0.05, 0) is 0 Å². The van der Waals surface area contributed by atoms with Crippen LogP contribution in [0, 0.1) is 0 Å². The van der Waals surface area contributed by atoms with Crippen LogP contribution in [0.25, 0.3) is 0 Å². The fourth-order valence-corrected chi connectivity index (χ4v) is 0.483. The van der Waals surface area contributed by atoms with Gasteiger partial charge in [0, 0.05) is 19.0 Å². The minimum atomic E-state index is -2.75. The molecule has 0 heterocycles. The number of rotatable bonds is 2. The molecular weight excluding hydrogens is 155 g/mol. The molecule has 0 saturated heterocycles. The van der Waals surface area contributed by atoms with Crippen molar-refractivity contribution in [1.82, 2.24) is 4.31 Å². The Hall–Kier alpha value is -0.390. The predicted molar refractivity (Wildman–Crippen MR) is 27.9 cm³/mol. The minimum absolute atomic E-state index is 0.162. The Morgan fingerprint density at radius 2 is 2.11 bits per heavy atom. The molecule has 0 radical (unpaired) electrons. The molecule has 0 aliphatic heterocycles. The maximum Gasteiger partial charge on any atom is 0.410 e. The van der Waals surface area contributed by atoms with E-state index in [4.69, 9.17) is 0 Å². The summed E-state index contributed by atoms with van der Waals surface area (Å²) in [5.41, 5.74) is 0. The molecule has 9 heavy (non-hydrogen) atoms. The summed E-state index contributed by atoms with van der Waals surface area (Å²) in [7, 11) is 0.930. The van der Waals surface area contributed by atoms with Crippen LogP contribution in [0.2, 0.25) is 0 Å². The molecule has 0 aliphatic carbocycles. The maximum atomic E-state index is 11.4. The molecule has 0 fully saturated rings. The van der Waals surface area contributed by atoms with Crippen LogP contribution in [0.4, 0.5) is 18.0 Å². The number of carbonyl (C=O) groups excluding carboxylic acids is 1. The second kappa shape index (κ2) is 3.60. The van der Waals surface area contributed by atoms with Crippen molar-refractivity contribution in [3.63, 3.8) is 0 Å². The zero-order valence-corrected chi connectivity index (χ0v) is 5.29. The van der Waals surface area contributed by atoms with Gasteiger partial charge in [0.25, 0.3) is 0 Å². The van der Waals surface area contributed by atoms with Gasteiger partial charge in [0.2, 0.25) is 0 Å². The number of alkyl halides is 2. The Kier molecular flexibility index (Phi) is 3.44. The van der Waals surface area contributed by atoms with E-state index >= 15 is 0 Å². The molecule has 54 valence electrons. The van der Waals surface area contributed by atoms with Crippen LogP contribution in [-0.2, 0) is 0 Å². The second-order valence-electron chi connectivity index (χ2n) is 1.12. The predicted octanol–water partition coefficient (Wildman–Crippen LogP) is 1.88. The molecule has 0 atom stereocenters. The van der Waals surface area contributed by atoms with Crippen LogP contribution in [0.5, 0.6) is 0 Å². The smallest absolute Gasteiger partial charge is 0.256 e. The highest BCUT2D eigenvalue weighted by Crippen LogP contribution is 2.17. The summed E-state index contributed by atoms with van der Waals surface area (Å²) in [5.74, 6) is -2.75. The van der Waals surface area contributed by atoms with Crippen LogP contribution in [-0.4, -0.2) is 23.3 Å². The van der Waals surface area contributed by atoms with Gasteiger partial charge in [0.15, 0.2) is 0 Å². The van der Waals surface area contributed by atoms with Crippen molar-refractivity contribution in [2.75, 3.05) is 7.05 Å². The normalized spacial score (nSPS) is 9.89. The van der Waals surface area contributed by atoms with Gasteiger partial charge >= 0.3 is 11.9 Å². The SMILES string of the molecule is CN(SC(F)F)C(=O)F. The Balaban J connectivity index is 3.50. The van der Waals surface area contributed by atoms with Crippen molar-refractivity contribution < 1.29 is 18.0 Å². The first-order valence-electron chi connectivity index (χ1n) is 1.92. The monoisotopic (exact) mass is 159 g/mol. The van der Waals surface area contributed by atoms with E-state index in [9.17, 15) is 18.0 Å². The summed E-state index contributed by atoms with van der Waals surface area (Å²) >= 11 is -0.162. The van der Waals surface area contributed by atoms with E-state index in [1.54, 1.807) is 0 Å². The number of hydrogen-bond acceptors (Lipinski definition) is 2. The number of nitrogens with zero attached hydrogens (tertiary/aromatic N) is 1. The van der Waals surface area contributed by atoms with Crippen LogP contribution in [0.3, 0.4) is 0 Å². The first-order chi connectivity index (χ1) is 4.04. The van der Waals surface area contributed by atoms with E-state index in [-0.39, 0.29) is 16.3 Å². The van der Waals surface area contributed by atoms with E-state index in [1.807, 2.05) is 0 Å². The Morgan fingerprint density at radius 1 is 1.67 bits per heavy atom. The highest BCUT2D eigenvalue weighted by atomic mass is 32.2. The Labute approximate surface area is 54.1 Å². The Bertz CT molecular complexity index is 109. The molecule has 2 nitrogen and oxygen atoms in total. The van der Waals surface area contributed by atoms with Gasteiger partial charge in [0.1, 0.15) is 0 Å². The second-order valence-corrected chi connectivity index (χ2v) is 2.23. The lowest BCUT2D eigenvalue weighted by atomic mass is 11.2. The summed E-state index contributed by atoms with van der Waals surface area (Å²) in [6, 6.07) is 0. The van der Waals surface area contributed by atoms with Crippen LogP contribution >= 0.6 is 11.9 Å². The third kappa shape index (κ3) is 4.14. The zero-order valence-electron chi connectivity index (χ0n) is 4.47. The Morgan fingerprint density at radius 3 is 2.22 bits per heavy atom. The summed E-state index contributed by atoms with van der Waals surface area (Å²) in [6.07, 6.45) is -1.87. The van der Waals surface area contributed by atoms with Gasteiger partial charge in [-0.3, -0.25) is 4.31 Å². The van der Waals surface area contributed by atoms with Gasteiger partial charge in [-0.2, -0.15) is 8.78 Å². The number of hydrogen-bond donors (Lipinski definition) is 0. The van der Waals surface area contributed by atoms with E-state index < -0.39 is 11.9 Å². The standard InChI is InChI=1S/C3H4F3NOS/c1-7(3(6)8)9-2(4)5/h2H,1H3. The van der Waals surface area contributed by atoms with E-state index in [1.165, 1.54) is 0 Å². The molecular formula is C3H4F3NOS. The molecule has 0 saturated carbocycles. The van der Waals surface area contributed by atoms with Gasteiger partial charge in [-0.25, -0.2) is 4.79 Å². The number of halogens is 3. The van der Waals surface area contributed by atoms with E-state index in [0.717, 1.165) is 7.05 Å². The lowest BCUT2D eigenvalue weighted by molar-refractivity contribution is 0.204. The van der Waals surface area contributed by atoms with Crippen molar-refractivity contribution in [3.05, 3.63) is 0 Å². The largest absolute Gasteiger partial charge is 0.410 e.